The molecule has 3 N–H and O–H groups in total. The first-order valence-electron chi connectivity index (χ1n) is 4.88. The fraction of sp³-hybridized carbons (Fsp3) is 0.182. The van der Waals surface area contributed by atoms with E-state index in [1.54, 1.807) is 12.1 Å². The number of thiophene rings is 1. The SMILES string of the molecule is COCc1c(C(=O)NN)sc2cccc(F)c12. The number of methoxy groups -OCH3 is 1. The predicted molar refractivity (Wildman–Crippen MR) is 64.1 cm³/mol. The highest BCUT2D eigenvalue weighted by molar-refractivity contribution is 7.21. The number of nitrogens with two attached hydrogens (primary N) is 1. The second-order valence-corrected chi connectivity index (χ2v) is 4.48. The first kappa shape index (κ1) is 12.0. The maximum Gasteiger partial charge on any atom is 0.275 e. The summed E-state index contributed by atoms with van der Waals surface area (Å²) in [5.74, 6) is 4.31. The molecule has 0 spiro atoms. The van der Waals surface area contributed by atoms with Gasteiger partial charge in [-0.3, -0.25) is 10.2 Å². The Morgan fingerprint density at radius 2 is 2.35 bits per heavy atom. The molecular formula is C11H11FN2O2S. The third-order valence-electron chi connectivity index (χ3n) is 2.39. The van der Waals surface area contributed by atoms with Crippen LogP contribution in [0.15, 0.2) is 18.2 Å². The quantitative estimate of drug-likeness (QED) is 0.498. The maximum absolute atomic E-state index is 13.7. The topological polar surface area (TPSA) is 64.3 Å². The minimum atomic E-state index is -0.433. The van der Waals surface area contributed by atoms with Crippen LogP contribution in [0.1, 0.15) is 15.2 Å². The van der Waals surface area contributed by atoms with Crippen molar-refractivity contribution in [1.82, 2.24) is 5.43 Å². The molecule has 17 heavy (non-hydrogen) atoms. The summed E-state index contributed by atoms with van der Waals surface area (Å²) in [5, 5.41) is 0.429. The molecule has 1 aromatic heterocycles. The zero-order valence-electron chi connectivity index (χ0n) is 9.12. The summed E-state index contributed by atoms with van der Waals surface area (Å²) in [7, 11) is 1.49. The molecule has 0 fully saturated rings. The summed E-state index contributed by atoms with van der Waals surface area (Å²) in [5.41, 5.74) is 2.59. The molecule has 0 saturated carbocycles. The first-order chi connectivity index (χ1) is 8.19. The van der Waals surface area contributed by atoms with E-state index in [0.29, 0.717) is 20.5 Å². The van der Waals surface area contributed by atoms with Crippen molar-refractivity contribution in [2.45, 2.75) is 6.61 Å². The van der Waals surface area contributed by atoms with Gasteiger partial charge in [0.2, 0.25) is 0 Å². The van der Waals surface area contributed by atoms with Gasteiger partial charge in [0.05, 0.1) is 6.61 Å². The Balaban J connectivity index is 2.71. The van der Waals surface area contributed by atoms with E-state index < -0.39 is 5.91 Å². The molecule has 2 rings (SSSR count). The van der Waals surface area contributed by atoms with Crippen molar-refractivity contribution in [3.8, 4) is 0 Å². The van der Waals surface area contributed by atoms with Gasteiger partial charge in [-0.25, -0.2) is 10.2 Å². The Bertz CT molecular complexity index is 568. The largest absolute Gasteiger partial charge is 0.380 e. The van der Waals surface area contributed by atoms with Gasteiger partial charge >= 0.3 is 0 Å². The number of carbonyl (C=O) groups is 1. The molecule has 0 aliphatic heterocycles. The second kappa shape index (κ2) is 4.79. The van der Waals surface area contributed by atoms with Gasteiger partial charge in [-0.15, -0.1) is 11.3 Å². The molecule has 0 radical (unpaired) electrons. The first-order valence-corrected chi connectivity index (χ1v) is 5.70. The number of hydrogen-bond donors (Lipinski definition) is 2. The average molecular weight is 254 g/mol. The van der Waals surface area contributed by atoms with E-state index in [9.17, 15) is 9.18 Å². The van der Waals surface area contributed by atoms with Crippen LogP contribution in [0, 0.1) is 5.82 Å². The minimum absolute atomic E-state index is 0.170. The van der Waals surface area contributed by atoms with Crippen LogP contribution in [-0.4, -0.2) is 13.0 Å². The number of nitrogen functional groups attached to an aromatic ring is 1. The van der Waals surface area contributed by atoms with Gasteiger partial charge < -0.3 is 4.74 Å². The van der Waals surface area contributed by atoms with Gasteiger partial charge in [0.1, 0.15) is 10.7 Å². The lowest BCUT2D eigenvalue weighted by Gasteiger charge is -2.02. The average Bonchev–Trinajstić information content (AvgIpc) is 2.69. The van der Waals surface area contributed by atoms with Gasteiger partial charge in [0.15, 0.2) is 0 Å². The van der Waals surface area contributed by atoms with Gasteiger partial charge in [-0.1, -0.05) is 6.07 Å². The molecule has 4 nitrogen and oxygen atoms in total. The van der Waals surface area contributed by atoms with Crippen LogP contribution in [0.3, 0.4) is 0 Å². The van der Waals surface area contributed by atoms with Crippen molar-refractivity contribution in [2.75, 3.05) is 7.11 Å². The molecular weight excluding hydrogens is 243 g/mol. The summed E-state index contributed by atoms with van der Waals surface area (Å²) >= 11 is 1.20. The summed E-state index contributed by atoms with van der Waals surface area (Å²) in [6, 6.07) is 4.72. The highest BCUT2D eigenvalue weighted by Crippen LogP contribution is 2.33. The number of rotatable bonds is 3. The van der Waals surface area contributed by atoms with Gasteiger partial charge in [0, 0.05) is 22.8 Å². The van der Waals surface area contributed by atoms with Gasteiger partial charge in [0.25, 0.3) is 5.91 Å². The standard InChI is InChI=1S/C11H11FN2O2S/c1-16-5-6-9-7(12)3-2-4-8(9)17-10(6)11(15)14-13/h2-4H,5,13H2,1H3,(H,14,15). The van der Waals surface area contributed by atoms with Crippen LogP contribution in [0.2, 0.25) is 0 Å². The highest BCUT2D eigenvalue weighted by Gasteiger charge is 2.19. The number of amides is 1. The number of nitrogens with one attached hydrogen (secondary N) is 1. The number of fused-ring (bicyclic) bond motifs is 1. The highest BCUT2D eigenvalue weighted by atomic mass is 32.1. The number of carbonyl (C=O) groups excluding carboxylic acids is 1. The second-order valence-electron chi connectivity index (χ2n) is 3.43. The Labute approximate surface area is 101 Å². The zero-order valence-corrected chi connectivity index (χ0v) is 9.94. The van der Waals surface area contributed by atoms with Crippen LogP contribution < -0.4 is 11.3 Å². The predicted octanol–water partition coefficient (Wildman–Crippen LogP) is 1.79. The van der Waals surface area contributed by atoms with Crippen LogP contribution in [-0.2, 0) is 11.3 Å². The molecule has 6 heteroatoms. The lowest BCUT2D eigenvalue weighted by molar-refractivity contribution is 0.0953. The number of hydrazine groups is 1. The Morgan fingerprint density at radius 3 is 3.00 bits per heavy atom. The van der Waals surface area contributed by atoms with E-state index in [1.165, 1.54) is 24.5 Å². The van der Waals surface area contributed by atoms with Crippen molar-refractivity contribution in [1.29, 1.82) is 0 Å². The summed E-state index contributed by atoms with van der Waals surface area (Å²) in [6.07, 6.45) is 0. The molecule has 0 saturated heterocycles. The van der Waals surface area contributed by atoms with Crippen molar-refractivity contribution >= 4 is 27.3 Å². The van der Waals surface area contributed by atoms with E-state index in [0.717, 1.165) is 0 Å². The van der Waals surface area contributed by atoms with Crippen LogP contribution in [0.4, 0.5) is 4.39 Å². The molecule has 2 aromatic rings. The number of benzene rings is 1. The smallest absolute Gasteiger partial charge is 0.275 e. The molecule has 0 bridgehead atoms. The summed E-state index contributed by atoms with van der Waals surface area (Å²) in [6.45, 7) is 0.170. The zero-order chi connectivity index (χ0) is 12.4. The molecule has 90 valence electrons. The van der Waals surface area contributed by atoms with E-state index in [1.807, 2.05) is 0 Å². The van der Waals surface area contributed by atoms with Gasteiger partial charge in [-0.2, -0.15) is 0 Å². The lowest BCUT2D eigenvalue weighted by atomic mass is 10.1. The van der Waals surface area contributed by atoms with Crippen LogP contribution in [0.25, 0.3) is 10.1 Å². The number of ether oxygens (including phenoxy) is 1. The van der Waals surface area contributed by atoms with E-state index in [4.69, 9.17) is 10.6 Å². The minimum Gasteiger partial charge on any atom is -0.380 e. The maximum atomic E-state index is 13.7. The normalized spacial score (nSPS) is 10.8. The Kier molecular flexibility index (Phi) is 3.37. The van der Waals surface area contributed by atoms with E-state index >= 15 is 0 Å². The number of halogens is 1. The van der Waals surface area contributed by atoms with Crippen molar-refractivity contribution in [3.05, 3.63) is 34.5 Å². The fourth-order valence-corrected chi connectivity index (χ4v) is 2.82. The van der Waals surface area contributed by atoms with E-state index in [-0.39, 0.29) is 12.4 Å². The van der Waals surface area contributed by atoms with Crippen molar-refractivity contribution in [3.63, 3.8) is 0 Å². The number of hydrogen-bond acceptors (Lipinski definition) is 4. The summed E-state index contributed by atoms with van der Waals surface area (Å²) < 4.78 is 19.4. The third-order valence-corrected chi connectivity index (χ3v) is 3.59. The van der Waals surface area contributed by atoms with Crippen LogP contribution >= 0.6 is 11.3 Å². The van der Waals surface area contributed by atoms with Crippen LogP contribution in [0.5, 0.6) is 0 Å². The van der Waals surface area contributed by atoms with E-state index in [2.05, 4.69) is 5.43 Å². The Hall–Kier alpha value is -1.50. The molecule has 1 amide bonds. The Morgan fingerprint density at radius 1 is 1.59 bits per heavy atom. The third kappa shape index (κ3) is 2.02. The van der Waals surface area contributed by atoms with Crippen molar-refractivity contribution in [2.24, 2.45) is 5.84 Å². The van der Waals surface area contributed by atoms with Crippen molar-refractivity contribution < 1.29 is 13.9 Å². The fourth-order valence-electron chi connectivity index (χ4n) is 1.70. The molecule has 0 unspecified atom stereocenters. The van der Waals surface area contributed by atoms with Gasteiger partial charge in [-0.05, 0) is 12.1 Å². The monoisotopic (exact) mass is 254 g/mol. The summed E-state index contributed by atoms with van der Waals surface area (Å²) in [4.78, 5) is 12.0. The molecule has 0 aliphatic carbocycles. The molecule has 0 aliphatic rings. The molecule has 0 atom stereocenters. The molecule has 1 heterocycles. The lowest BCUT2D eigenvalue weighted by Crippen LogP contribution is -2.30. The molecule has 1 aromatic carbocycles.